The van der Waals surface area contributed by atoms with E-state index in [9.17, 15) is 0 Å². The van der Waals surface area contributed by atoms with Crippen molar-refractivity contribution in [2.45, 2.75) is 59.4 Å². The Bertz CT molecular complexity index is 246. The van der Waals surface area contributed by atoms with E-state index >= 15 is 0 Å². The van der Waals surface area contributed by atoms with E-state index in [1.807, 2.05) is 6.92 Å². The molecular weight excluding hydrogens is 222 g/mol. The van der Waals surface area contributed by atoms with Crippen molar-refractivity contribution in [3.63, 3.8) is 0 Å². The van der Waals surface area contributed by atoms with Crippen LogP contribution in [0.1, 0.15) is 53.4 Å². The summed E-state index contributed by atoms with van der Waals surface area (Å²) in [6.45, 7) is 15.4. The van der Waals surface area contributed by atoms with Crippen molar-refractivity contribution in [2.75, 3.05) is 19.8 Å². The minimum Gasteiger partial charge on any atom is -0.376 e. The predicted octanol–water partition coefficient (Wildman–Crippen LogP) is 3.77. The minimum atomic E-state index is 0.482. The zero-order valence-corrected chi connectivity index (χ0v) is 12.7. The quantitative estimate of drug-likeness (QED) is 0.574. The maximum atomic E-state index is 5.50. The third-order valence-corrected chi connectivity index (χ3v) is 3.98. The predicted molar refractivity (Wildman–Crippen MR) is 78.8 cm³/mol. The molecule has 18 heavy (non-hydrogen) atoms. The van der Waals surface area contributed by atoms with Crippen molar-refractivity contribution in [3.8, 4) is 0 Å². The Labute approximate surface area is 113 Å². The number of hydrogen-bond acceptors (Lipinski definition) is 2. The van der Waals surface area contributed by atoms with Gasteiger partial charge in [-0.05, 0) is 43.9 Å². The lowest BCUT2D eigenvalue weighted by Crippen LogP contribution is -2.37. The summed E-state index contributed by atoms with van der Waals surface area (Å²) in [5.41, 5.74) is 1.58. The molecule has 1 aliphatic rings. The van der Waals surface area contributed by atoms with Crippen molar-refractivity contribution >= 4 is 0 Å². The van der Waals surface area contributed by atoms with Gasteiger partial charge >= 0.3 is 0 Å². The van der Waals surface area contributed by atoms with Crippen LogP contribution in [0.15, 0.2) is 12.2 Å². The highest BCUT2D eigenvalue weighted by Gasteiger charge is 2.29. The maximum Gasteiger partial charge on any atom is 0.0672 e. The number of ether oxygens (including phenoxy) is 1. The summed E-state index contributed by atoms with van der Waals surface area (Å²) in [7, 11) is 0. The molecule has 1 aliphatic carbocycles. The Hall–Kier alpha value is -0.340. The molecule has 0 aromatic heterocycles. The third-order valence-electron chi connectivity index (χ3n) is 3.98. The largest absolute Gasteiger partial charge is 0.376 e. The van der Waals surface area contributed by atoms with Gasteiger partial charge in [-0.2, -0.15) is 0 Å². The molecule has 1 rings (SSSR count). The molecule has 2 nitrogen and oxygen atoms in total. The average Bonchev–Trinajstić information content (AvgIpc) is 2.27. The summed E-state index contributed by atoms with van der Waals surface area (Å²) in [6.07, 6.45) is 5.38. The van der Waals surface area contributed by atoms with E-state index in [0.717, 1.165) is 24.6 Å². The molecule has 0 aliphatic heterocycles. The molecule has 1 N–H and O–H groups in total. The van der Waals surface area contributed by atoms with Crippen LogP contribution in [0.2, 0.25) is 0 Å². The third kappa shape index (κ3) is 6.01. The molecule has 1 fully saturated rings. The fourth-order valence-corrected chi connectivity index (χ4v) is 2.75. The molecule has 0 bridgehead atoms. The summed E-state index contributed by atoms with van der Waals surface area (Å²) in [6, 6.07) is 0.706. The number of nitrogens with one attached hydrogen (secondary N) is 1. The fourth-order valence-electron chi connectivity index (χ4n) is 2.75. The number of rotatable bonds is 6. The molecule has 0 atom stereocenters. The molecule has 0 spiro atoms. The van der Waals surface area contributed by atoms with Gasteiger partial charge < -0.3 is 10.1 Å². The van der Waals surface area contributed by atoms with Gasteiger partial charge in [0.05, 0.1) is 13.2 Å². The van der Waals surface area contributed by atoms with Crippen molar-refractivity contribution in [2.24, 2.45) is 11.3 Å². The lowest BCUT2D eigenvalue weighted by molar-refractivity contribution is 0.138. The second-order valence-corrected chi connectivity index (χ2v) is 6.88. The highest BCUT2D eigenvalue weighted by atomic mass is 16.5. The van der Waals surface area contributed by atoms with Crippen LogP contribution in [-0.4, -0.2) is 25.8 Å². The standard InChI is InChI=1S/C16H31NO/c1-13(2)12-18-11-10-17-15-8-6-14(7-9-15)16(3,4)5/h14-15,17H,1,6-12H2,2-5H3. The smallest absolute Gasteiger partial charge is 0.0672 e. The van der Waals surface area contributed by atoms with Crippen LogP contribution in [-0.2, 0) is 4.74 Å². The van der Waals surface area contributed by atoms with Crippen molar-refractivity contribution in [1.29, 1.82) is 0 Å². The molecule has 0 unspecified atom stereocenters. The molecule has 0 amide bonds. The first-order valence-corrected chi connectivity index (χ1v) is 7.35. The summed E-state index contributed by atoms with van der Waals surface area (Å²) in [5.74, 6) is 0.898. The van der Waals surface area contributed by atoms with Crippen LogP contribution in [0.4, 0.5) is 0 Å². The van der Waals surface area contributed by atoms with Gasteiger partial charge in [0, 0.05) is 12.6 Å². The average molecular weight is 253 g/mol. The first-order valence-electron chi connectivity index (χ1n) is 7.35. The Morgan fingerprint density at radius 1 is 1.22 bits per heavy atom. The molecular formula is C16H31NO. The van der Waals surface area contributed by atoms with E-state index < -0.39 is 0 Å². The monoisotopic (exact) mass is 253 g/mol. The topological polar surface area (TPSA) is 21.3 Å². The second-order valence-electron chi connectivity index (χ2n) is 6.88. The van der Waals surface area contributed by atoms with Gasteiger partial charge in [-0.15, -0.1) is 0 Å². The van der Waals surface area contributed by atoms with Gasteiger partial charge in [-0.1, -0.05) is 32.9 Å². The fraction of sp³-hybridized carbons (Fsp3) is 0.875. The van der Waals surface area contributed by atoms with Gasteiger partial charge in [0.2, 0.25) is 0 Å². The van der Waals surface area contributed by atoms with E-state index in [1.54, 1.807) is 0 Å². The lowest BCUT2D eigenvalue weighted by Gasteiger charge is -2.37. The number of hydrogen-bond donors (Lipinski definition) is 1. The van der Waals surface area contributed by atoms with Crippen LogP contribution in [0.25, 0.3) is 0 Å². The van der Waals surface area contributed by atoms with Crippen LogP contribution < -0.4 is 5.32 Å². The SMILES string of the molecule is C=C(C)COCCNC1CCC(C(C)(C)C)CC1. The van der Waals surface area contributed by atoms with Gasteiger partial charge in [0.25, 0.3) is 0 Å². The highest BCUT2D eigenvalue weighted by Crippen LogP contribution is 2.37. The van der Waals surface area contributed by atoms with Gasteiger partial charge in [0.1, 0.15) is 0 Å². The van der Waals surface area contributed by atoms with E-state index in [-0.39, 0.29) is 0 Å². The molecule has 2 heteroatoms. The van der Waals surface area contributed by atoms with E-state index in [4.69, 9.17) is 4.74 Å². The molecule has 106 valence electrons. The van der Waals surface area contributed by atoms with E-state index in [0.29, 0.717) is 18.1 Å². The lowest BCUT2D eigenvalue weighted by atomic mass is 9.71. The first-order chi connectivity index (χ1) is 8.39. The molecule has 0 radical (unpaired) electrons. The van der Waals surface area contributed by atoms with Crippen LogP contribution in [0.5, 0.6) is 0 Å². The van der Waals surface area contributed by atoms with Crippen LogP contribution >= 0.6 is 0 Å². The Balaban J connectivity index is 2.07. The summed E-state index contributed by atoms with van der Waals surface area (Å²) in [4.78, 5) is 0. The summed E-state index contributed by atoms with van der Waals surface area (Å²) >= 11 is 0. The van der Waals surface area contributed by atoms with Gasteiger partial charge in [-0.25, -0.2) is 0 Å². The maximum absolute atomic E-state index is 5.50. The molecule has 0 saturated heterocycles. The molecule has 0 heterocycles. The summed E-state index contributed by atoms with van der Waals surface area (Å²) in [5, 5.41) is 3.61. The Kier molecular flexibility index (Phi) is 6.37. The van der Waals surface area contributed by atoms with Gasteiger partial charge in [-0.3, -0.25) is 0 Å². The van der Waals surface area contributed by atoms with Crippen molar-refractivity contribution in [1.82, 2.24) is 5.32 Å². The Morgan fingerprint density at radius 2 is 1.83 bits per heavy atom. The molecule has 0 aromatic carbocycles. The Morgan fingerprint density at radius 3 is 2.33 bits per heavy atom. The zero-order valence-electron chi connectivity index (χ0n) is 12.7. The zero-order chi connectivity index (χ0) is 13.6. The second kappa shape index (κ2) is 7.30. The summed E-state index contributed by atoms with van der Waals surface area (Å²) < 4.78 is 5.50. The molecule has 0 aromatic rings. The first kappa shape index (κ1) is 15.7. The van der Waals surface area contributed by atoms with Crippen molar-refractivity contribution in [3.05, 3.63) is 12.2 Å². The van der Waals surface area contributed by atoms with E-state index in [1.165, 1.54) is 25.7 Å². The van der Waals surface area contributed by atoms with Crippen LogP contribution in [0.3, 0.4) is 0 Å². The van der Waals surface area contributed by atoms with Gasteiger partial charge in [0.15, 0.2) is 0 Å². The normalized spacial score (nSPS) is 25.1. The van der Waals surface area contributed by atoms with Crippen molar-refractivity contribution < 1.29 is 4.74 Å². The minimum absolute atomic E-state index is 0.482. The molecule has 1 saturated carbocycles. The van der Waals surface area contributed by atoms with E-state index in [2.05, 4.69) is 32.7 Å². The van der Waals surface area contributed by atoms with Crippen LogP contribution in [0, 0.1) is 11.3 Å². The highest BCUT2D eigenvalue weighted by molar-refractivity contribution is 4.87.